The number of aryl methyl sites for hydroxylation is 1. The topological polar surface area (TPSA) is 101 Å². The summed E-state index contributed by atoms with van der Waals surface area (Å²) >= 11 is 0. The molecular weight excluding hydrogens is 466 g/mol. The number of ether oxygens (including phenoxy) is 1. The number of anilines is 2. The van der Waals surface area contributed by atoms with Gasteiger partial charge in [-0.15, -0.1) is 0 Å². The number of aromatic nitrogens is 3. The Morgan fingerprint density at radius 3 is 2.57 bits per heavy atom. The van der Waals surface area contributed by atoms with E-state index in [1.807, 2.05) is 72.5 Å². The van der Waals surface area contributed by atoms with Gasteiger partial charge in [0.2, 0.25) is 0 Å². The lowest BCUT2D eigenvalue weighted by molar-refractivity contribution is -0.110. The smallest absolute Gasteiger partial charge is 0.337 e. The van der Waals surface area contributed by atoms with Crippen molar-refractivity contribution in [1.29, 1.82) is 0 Å². The van der Waals surface area contributed by atoms with Gasteiger partial charge in [-0.05, 0) is 60.2 Å². The number of rotatable bonds is 5. The lowest BCUT2D eigenvalue weighted by Crippen LogP contribution is -2.10. The summed E-state index contributed by atoms with van der Waals surface area (Å²) in [6.07, 6.45) is 5.56. The van der Waals surface area contributed by atoms with Gasteiger partial charge in [0.05, 0.1) is 29.6 Å². The van der Waals surface area contributed by atoms with Gasteiger partial charge < -0.3 is 24.9 Å². The number of aromatic amines is 1. The molecule has 0 radical (unpaired) electrons. The zero-order valence-corrected chi connectivity index (χ0v) is 20.2. The van der Waals surface area contributed by atoms with Crippen LogP contribution in [0.5, 0.6) is 0 Å². The molecule has 1 amide bonds. The first-order valence-corrected chi connectivity index (χ1v) is 11.7. The van der Waals surface area contributed by atoms with Crippen molar-refractivity contribution in [2.45, 2.75) is 0 Å². The minimum absolute atomic E-state index is 0.252. The van der Waals surface area contributed by atoms with E-state index in [1.54, 1.807) is 24.4 Å². The molecule has 0 saturated carbocycles. The molecule has 1 aliphatic rings. The highest BCUT2D eigenvalue weighted by Gasteiger charge is 2.29. The van der Waals surface area contributed by atoms with E-state index in [0.29, 0.717) is 28.1 Å². The molecule has 8 nitrogen and oxygen atoms in total. The summed E-state index contributed by atoms with van der Waals surface area (Å²) in [5.41, 5.74) is 6.47. The molecular formula is C29H23N5O3. The molecule has 0 spiro atoms. The SMILES string of the molecule is COC(=O)c1ccc2c(c1)NC(=O)C2=C(Nc1ccc(-c2nccn2C)cc1)c1ccc2[nH]ccc2c1. The molecule has 8 heteroatoms. The van der Waals surface area contributed by atoms with Gasteiger partial charge in [0.15, 0.2) is 0 Å². The summed E-state index contributed by atoms with van der Waals surface area (Å²) in [6, 6.07) is 21.0. The van der Waals surface area contributed by atoms with E-state index in [-0.39, 0.29) is 5.91 Å². The molecule has 1 aliphatic heterocycles. The lowest BCUT2D eigenvalue weighted by atomic mass is 9.98. The number of amides is 1. The van der Waals surface area contributed by atoms with Crippen LogP contribution in [0.25, 0.3) is 33.6 Å². The lowest BCUT2D eigenvalue weighted by Gasteiger charge is -2.15. The number of imidazole rings is 1. The van der Waals surface area contributed by atoms with Crippen molar-refractivity contribution >= 4 is 45.4 Å². The van der Waals surface area contributed by atoms with Gasteiger partial charge in [-0.1, -0.05) is 12.1 Å². The second-order valence-electron chi connectivity index (χ2n) is 8.80. The zero-order valence-electron chi connectivity index (χ0n) is 20.2. The Morgan fingerprint density at radius 2 is 1.81 bits per heavy atom. The van der Waals surface area contributed by atoms with Crippen LogP contribution in [0.4, 0.5) is 11.4 Å². The summed E-state index contributed by atoms with van der Waals surface area (Å²) in [5, 5.41) is 7.43. The number of H-pyrrole nitrogens is 1. The van der Waals surface area contributed by atoms with Crippen LogP contribution in [0.2, 0.25) is 0 Å². The highest BCUT2D eigenvalue weighted by atomic mass is 16.5. The average molecular weight is 490 g/mol. The number of fused-ring (bicyclic) bond motifs is 2. The van der Waals surface area contributed by atoms with Gasteiger partial charge in [0, 0.05) is 53.4 Å². The molecule has 0 atom stereocenters. The van der Waals surface area contributed by atoms with E-state index in [9.17, 15) is 9.59 Å². The Kier molecular flexibility index (Phi) is 5.34. The van der Waals surface area contributed by atoms with Crippen LogP contribution in [0, 0.1) is 0 Å². The summed E-state index contributed by atoms with van der Waals surface area (Å²) < 4.78 is 6.80. The van der Waals surface area contributed by atoms with Crippen LogP contribution in [0.3, 0.4) is 0 Å². The number of nitrogens with one attached hydrogen (secondary N) is 3. The first-order chi connectivity index (χ1) is 18.0. The van der Waals surface area contributed by atoms with Gasteiger partial charge in [-0.25, -0.2) is 9.78 Å². The minimum atomic E-state index is -0.460. The first-order valence-electron chi connectivity index (χ1n) is 11.7. The number of carbonyl (C=O) groups excluding carboxylic acids is 2. The van der Waals surface area contributed by atoms with E-state index in [0.717, 1.165) is 33.5 Å². The highest BCUT2D eigenvalue weighted by Crippen LogP contribution is 2.39. The molecule has 182 valence electrons. The van der Waals surface area contributed by atoms with Gasteiger partial charge in [-0.3, -0.25) is 4.79 Å². The molecule has 0 aliphatic carbocycles. The third-order valence-corrected chi connectivity index (χ3v) is 6.51. The fraction of sp³-hybridized carbons (Fsp3) is 0.0690. The van der Waals surface area contributed by atoms with E-state index >= 15 is 0 Å². The maximum absolute atomic E-state index is 13.3. The van der Waals surface area contributed by atoms with Gasteiger partial charge in [0.25, 0.3) is 5.91 Å². The molecule has 0 fully saturated rings. The molecule has 5 aromatic rings. The average Bonchev–Trinajstić information content (AvgIpc) is 3.64. The number of hydrogen-bond donors (Lipinski definition) is 3. The molecule has 3 heterocycles. The molecule has 37 heavy (non-hydrogen) atoms. The Hall–Kier alpha value is -5.11. The molecule has 3 aromatic carbocycles. The van der Waals surface area contributed by atoms with Crippen molar-refractivity contribution in [1.82, 2.24) is 14.5 Å². The monoisotopic (exact) mass is 489 g/mol. The van der Waals surface area contributed by atoms with Gasteiger partial charge >= 0.3 is 5.97 Å². The number of carbonyl (C=O) groups is 2. The number of benzene rings is 3. The quantitative estimate of drug-likeness (QED) is 0.230. The van der Waals surface area contributed by atoms with Gasteiger partial charge in [-0.2, -0.15) is 0 Å². The highest BCUT2D eigenvalue weighted by molar-refractivity contribution is 6.37. The number of nitrogens with zero attached hydrogens (tertiary/aromatic N) is 2. The summed E-state index contributed by atoms with van der Waals surface area (Å²) in [4.78, 5) is 33.0. The first kappa shape index (κ1) is 22.4. The Labute approximate surface area is 212 Å². The van der Waals surface area contributed by atoms with Crippen LogP contribution in [-0.2, 0) is 16.6 Å². The van der Waals surface area contributed by atoms with Crippen molar-refractivity contribution in [2.75, 3.05) is 17.7 Å². The van der Waals surface area contributed by atoms with Crippen LogP contribution >= 0.6 is 0 Å². The summed E-state index contributed by atoms with van der Waals surface area (Å²) in [6.45, 7) is 0. The Balaban J connectivity index is 1.47. The number of hydrogen-bond acceptors (Lipinski definition) is 5. The fourth-order valence-electron chi connectivity index (χ4n) is 4.64. The van der Waals surface area contributed by atoms with Crippen molar-refractivity contribution in [3.05, 3.63) is 102 Å². The van der Waals surface area contributed by atoms with Gasteiger partial charge in [0.1, 0.15) is 5.82 Å². The molecule has 3 N–H and O–H groups in total. The summed E-state index contributed by atoms with van der Waals surface area (Å²) in [5.74, 6) is 0.158. The molecule has 0 unspecified atom stereocenters. The second kappa shape index (κ2) is 8.83. The molecule has 0 bridgehead atoms. The second-order valence-corrected chi connectivity index (χ2v) is 8.80. The largest absolute Gasteiger partial charge is 0.465 e. The van der Waals surface area contributed by atoms with Crippen molar-refractivity contribution in [3.63, 3.8) is 0 Å². The predicted molar refractivity (Wildman–Crippen MR) is 144 cm³/mol. The van der Waals surface area contributed by atoms with E-state index in [2.05, 4.69) is 20.6 Å². The van der Waals surface area contributed by atoms with E-state index in [4.69, 9.17) is 4.74 Å². The Bertz CT molecular complexity index is 1710. The van der Waals surface area contributed by atoms with Crippen molar-refractivity contribution in [3.8, 4) is 11.4 Å². The molecule has 6 rings (SSSR count). The number of esters is 1. The van der Waals surface area contributed by atoms with E-state index in [1.165, 1.54) is 7.11 Å². The van der Waals surface area contributed by atoms with Crippen LogP contribution < -0.4 is 10.6 Å². The maximum atomic E-state index is 13.3. The predicted octanol–water partition coefficient (Wildman–Crippen LogP) is 5.29. The van der Waals surface area contributed by atoms with Crippen molar-refractivity contribution in [2.24, 2.45) is 7.05 Å². The van der Waals surface area contributed by atoms with E-state index < -0.39 is 5.97 Å². The van der Waals surface area contributed by atoms with Crippen LogP contribution in [-0.4, -0.2) is 33.5 Å². The molecule has 0 saturated heterocycles. The summed E-state index contributed by atoms with van der Waals surface area (Å²) in [7, 11) is 3.29. The fourth-order valence-corrected chi connectivity index (χ4v) is 4.64. The minimum Gasteiger partial charge on any atom is -0.465 e. The standard InChI is InChI=1S/C29H23N5O3/c1-34-14-13-31-27(34)17-3-7-21(8-4-17)32-26(19-6-10-23-18(15-19)11-12-30-23)25-22-9-5-20(29(36)37-2)16-24(22)33-28(25)35/h3-16,30,32H,1-2H3,(H,33,35). The number of methoxy groups -OCH3 is 1. The third-order valence-electron chi connectivity index (χ3n) is 6.51. The normalized spacial score (nSPS) is 13.8. The third kappa shape index (κ3) is 3.94. The Morgan fingerprint density at radius 1 is 1.00 bits per heavy atom. The van der Waals surface area contributed by atoms with Crippen molar-refractivity contribution < 1.29 is 14.3 Å². The zero-order chi connectivity index (χ0) is 25.5. The molecule has 2 aromatic heterocycles. The maximum Gasteiger partial charge on any atom is 0.337 e. The van der Waals surface area contributed by atoms with Crippen LogP contribution in [0.15, 0.2) is 85.3 Å². The van der Waals surface area contributed by atoms with Crippen LogP contribution in [0.1, 0.15) is 21.5 Å².